The summed E-state index contributed by atoms with van der Waals surface area (Å²) in [4.78, 5) is 30.3. The highest BCUT2D eigenvalue weighted by molar-refractivity contribution is 7.16. The van der Waals surface area contributed by atoms with Crippen LogP contribution in [0.5, 0.6) is 0 Å². The molecule has 0 radical (unpaired) electrons. The summed E-state index contributed by atoms with van der Waals surface area (Å²) in [6.45, 7) is 4.08. The molecule has 0 spiro atoms. The van der Waals surface area contributed by atoms with E-state index in [1.54, 1.807) is 4.57 Å². The first kappa shape index (κ1) is 22.7. The largest absolute Gasteiger partial charge is 0.468 e. The van der Waals surface area contributed by atoms with Crippen LogP contribution in [0.1, 0.15) is 34.6 Å². The Morgan fingerprint density at radius 3 is 2.09 bits per heavy atom. The van der Waals surface area contributed by atoms with Gasteiger partial charge in [-0.15, -0.1) is 0 Å². The maximum atomic E-state index is 13.2. The lowest BCUT2D eigenvalue weighted by Crippen LogP contribution is -2.22. The molecule has 5 nitrogen and oxygen atoms in total. The van der Waals surface area contributed by atoms with Crippen molar-refractivity contribution in [2.45, 2.75) is 32.7 Å². The summed E-state index contributed by atoms with van der Waals surface area (Å²) in [5, 5.41) is 0. The first-order chi connectivity index (χ1) is 16.0. The normalized spacial score (nSPS) is 11.8. The van der Waals surface area contributed by atoms with Gasteiger partial charge in [0, 0.05) is 12.3 Å². The molecule has 0 fully saturated rings. The number of hydrogen-bond donors (Lipinski definition) is 0. The van der Waals surface area contributed by atoms with E-state index in [9.17, 15) is 9.59 Å². The molecule has 3 aromatic carbocycles. The third-order valence-corrected chi connectivity index (χ3v) is 6.86. The average molecular weight is 459 g/mol. The molecule has 0 aliphatic rings. The van der Waals surface area contributed by atoms with E-state index in [0.717, 1.165) is 32.5 Å². The number of aromatic nitrogens is 1. The highest BCUT2D eigenvalue weighted by atomic mass is 32.1. The predicted octanol–water partition coefficient (Wildman–Crippen LogP) is 5.14. The number of rotatable bonds is 6. The number of ether oxygens (including phenoxy) is 1. The van der Waals surface area contributed by atoms with Gasteiger partial charge < -0.3 is 9.30 Å². The lowest BCUT2D eigenvalue weighted by atomic mass is 9.88. The van der Waals surface area contributed by atoms with E-state index >= 15 is 0 Å². The molecular weight excluding hydrogens is 432 g/mol. The maximum Gasteiger partial charge on any atom is 0.325 e. The lowest BCUT2D eigenvalue weighted by molar-refractivity contribution is -0.141. The number of aryl methyl sites for hydroxylation is 2. The quantitative estimate of drug-likeness (QED) is 0.376. The highest BCUT2D eigenvalue weighted by Gasteiger charge is 2.19. The summed E-state index contributed by atoms with van der Waals surface area (Å²) in [5.41, 5.74) is 5.28. The predicted molar refractivity (Wildman–Crippen MR) is 131 cm³/mol. The molecule has 0 saturated carbocycles. The Kier molecular flexibility index (Phi) is 6.84. The fourth-order valence-corrected chi connectivity index (χ4v) is 5.01. The van der Waals surface area contributed by atoms with Crippen LogP contribution < -0.4 is 4.80 Å². The maximum absolute atomic E-state index is 13.2. The SMILES string of the molecule is COC(=O)Cn1c(=NC(=O)CC(c2ccccc2)c2ccccc2)sc2cc(C)c(C)cc21. The van der Waals surface area contributed by atoms with Crippen LogP contribution in [0, 0.1) is 13.8 Å². The number of esters is 1. The van der Waals surface area contributed by atoms with E-state index < -0.39 is 0 Å². The van der Waals surface area contributed by atoms with Gasteiger partial charge in [0.15, 0.2) is 4.80 Å². The number of thiazole rings is 1. The zero-order valence-corrected chi connectivity index (χ0v) is 19.8. The van der Waals surface area contributed by atoms with Crippen molar-refractivity contribution in [3.8, 4) is 0 Å². The molecule has 1 heterocycles. The summed E-state index contributed by atoms with van der Waals surface area (Å²) in [5.74, 6) is -0.712. The van der Waals surface area contributed by atoms with Gasteiger partial charge in [0.2, 0.25) is 5.91 Å². The van der Waals surface area contributed by atoms with E-state index in [1.165, 1.54) is 18.4 Å². The van der Waals surface area contributed by atoms with E-state index in [4.69, 9.17) is 4.74 Å². The number of fused-ring (bicyclic) bond motifs is 1. The standard InChI is InChI=1S/C27H26N2O3S/c1-18-14-23-24(15-19(18)2)33-27(29(23)17-26(31)32-3)28-25(30)16-22(20-10-6-4-7-11-20)21-12-8-5-9-13-21/h4-15,22H,16-17H2,1-3H3. The van der Waals surface area contributed by atoms with Crippen molar-refractivity contribution in [3.05, 3.63) is 99.9 Å². The summed E-state index contributed by atoms with van der Waals surface area (Å²) in [6, 6.07) is 24.1. The Hall–Kier alpha value is -3.51. The number of benzene rings is 3. The summed E-state index contributed by atoms with van der Waals surface area (Å²) in [6.07, 6.45) is 0.235. The molecule has 4 rings (SSSR count). The van der Waals surface area contributed by atoms with Crippen LogP contribution in [0.3, 0.4) is 0 Å². The second kappa shape index (κ2) is 9.96. The van der Waals surface area contributed by atoms with Crippen molar-refractivity contribution in [2.24, 2.45) is 4.99 Å². The second-order valence-electron chi connectivity index (χ2n) is 8.03. The summed E-state index contributed by atoms with van der Waals surface area (Å²) < 4.78 is 7.64. The van der Waals surface area contributed by atoms with Gasteiger partial charge in [0.1, 0.15) is 6.54 Å². The van der Waals surface area contributed by atoms with Gasteiger partial charge in [0.25, 0.3) is 0 Å². The van der Waals surface area contributed by atoms with Crippen molar-refractivity contribution in [2.75, 3.05) is 7.11 Å². The lowest BCUT2D eigenvalue weighted by Gasteiger charge is -2.16. The number of amides is 1. The van der Waals surface area contributed by atoms with E-state index in [2.05, 4.69) is 11.1 Å². The fraction of sp³-hybridized carbons (Fsp3) is 0.222. The van der Waals surface area contributed by atoms with Gasteiger partial charge in [0.05, 0.1) is 17.3 Å². The van der Waals surface area contributed by atoms with Gasteiger partial charge in [-0.25, -0.2) is 0 Å². The first-order valence-electron chi connectivity index (χ1n) is 10.8. The molecule has 0 bridgehead atoms. The molecule has 1 amide bonds. The Labute approximate surface area is 197 Å². The molecule has 168 valence electrons. The van der Waals surface area contributed by atoms with Crippen molar-refractivity contribution < 1.29 is 14.3 Å². The van der Waals surface area contributed by atoms with Crippen LogP contribution in [0.25, 0.3) is 10.2 Å². The Morgan fingerprint density at radius 2 is 1.52 bits per heavy atom. The molecule has 1 aromatic heterocycles. The van der Waals surface area contributed by atoms with Crippen LogP contribution >= 0.6 is 11.3 Å². The van der Waals surface area contributed by atoms with Crippen LogP contribution in [0.2, 0.25) is 0 Å². The number of hydrogen-bond acceptors (Lipinski definition) is 4. The number of methoxy groups -OCH3 is 1. The Morgan fingerprint density at radius 1 is 0.939 bits per heavy atom. The van der Waals surface area contributed by atoms with Crippen LogP contribution in [0.4, 0.5) is 0 Å². The smallest absolute Gasteiger partial charge is 0.325 e. The van der Waals surface area contributed by atoms with Gasteiger partial charge in [-0.05, 0) is 48.2 Å². The van der Waals surface area contributed by atoms with Crippen LogP contribution in [-0.2, 0) is 20.9 Å². The molecule has 33 heavy (non-hydrogen) atoms. The topological polar surface area (TPSA) is 60.7 Å². The number of nitrogens with zero attached hydrogens (tertiary/aromatic N) is 2. The minimum Gasteiger partial charge on any atom is -0.468 e. The fourth-order valence-electron chi connectivity index (χ4n) is 3.88. The molecule has 0 N–H and O–H groups in total. The molecule has 4 aromatic rings. The van der Waals surface area contributed by atoms with Crippen LogP contribution in [-0.4, -0.2) is 23.6 Å². The zero-order chi connectivity index (χ0) is 23.4. The monoisotopic (exact) mass is 458 g/mol. The Bertz CT molecular complexity index is 1320. The van der Waals surface area contributed by atoms with Crippen molar-refractivity contribution in [1.29, 1.82) is 0 Å². The third kappa shape index (κ3) is 5.12. The van der Waals surface area contributed by atoms with Crippen molar-refractivity contribution in [1.82, 2.24) is 4.57 Å². The molecule has 0 aliphatic carbocycles. The molecular formula is C27H26N2O3S. The molecule has 0 saturated heterocycles. The third-order valence-electron chi connectivity index (χ3n) is 5.82. The minimum atomic E-state index is -0.381. The van der Waals surface area contributed by atoms with Crippen molar-refractivity contribution >= 4 is 33.4 Å². The minimum absolute atomic E-state index is 0.00587. The van der Waals surface area contributed by atoms with E-state index in [-0.39, 0.29) is 30.8 Å². The average Bonchev–Trinajstić information content (AvgIpc) is 3.14. The van der Waals surface area contributed by atoms with Gasteiger partial charge >= 0.3 is 5.97 Å². The van der Waals surface area contributed by atoms with Crippen molar-refractivity contribution in [3.63, 3.8) is 0 Å². The molecule has 0 unspecified atom stereocenters. The molecule has 6 heteroatoms. The highest BCUT2D eigenvalue weighted by Crippen LogP contribution is 2.28. The zero-order valence-electron chi connectivity index (χ0n) is 18.9. The van der Waals surface area contributed by atoms with Crippen LogP contribution in [0.15, 0.2) is 77.8 Å². The van der Waals surface area contributed by atoms with E-state index in [1.807, 2.05) is 80.6 Å². The molecule has 0 aliphatic heterocycles. The molecule has 0 atom stereocenters. The van der Waals surface area contributed by atoms with Gasteiger partial charge in [-0.1, -0.05) is 72.0 Å². The number of carbonyl (C=O) groups is 2. The summed E-state index contributed by atoms with van der Waals surface area (Å²) in [7, 11) is 1.36. The first-order valence-corrected chi connectivity index (χ1v) is 11.6. The van der Waals surface area contributed by atoms with E-state index in [0.29, 0.717) is 4.80 Å². The summed E-state index contributed by atoms with van der Waals surface area (Å²) >= 11 is 1.41. The van der Waals surface area contributed by atoms with Gasteiger partial charge in [-0.3, -0.25) is 9.59 Å². The number of carbonyl (C=O) groups excluding carboxylic acids is 2. The Balaban J connectivity index is 1.75. The van der Waals surface area contributed by atoms with Gasteiger partial charge in [-0.2, -0.15) is 4.99 Å². The second-order valence-corrected chi connectivity index (χ2v) is 9.04.